The van der Waals surface area contributed by atoms with Crippen molar-refractivity contribution in [3.8, 4) is 6.07 Å². The van der Waals surface area contributed by atoms with E-state index in [2.05, 4.69) is 23.8 Å². The van der Waals surface area contributed by atoms with Gasteiger partial charge in [-0.2, -0.15) is 5.26 Å². The van der Waals surface area contributed by atoms with Crippen molar-refractivity contribution in [1.82, 2.24) is 9.97 Å². The Morgan fingerprint density at radius 2 is 2.29 bits per heavy atom. The first kappa shape index (κ1) is 10.5. The Balaban J connectivity index is 2.73. The largest absolute Gasteiger partial charge is 0.382 e. The number of nitrogens with zero attached hydrogens (tertiary/aromatic N) is 3. The van der Waals surface area contributed by atoms with Crippen molar-refractivity contribution in [2.75, 3.05) is 5.73 Å². The van der Waals surface area contributed by atoms with E-state index in [0.29, 0.717) is 11.5 Å². The Kier molecular flexibility index (Phi) is 3.41. The minimum Gasteiger partial charge on any atom is -0.382 e. The molecule has 0 atom stereocenters. The molecule has 0 bridgehead atoms. The van der Waals surface area contributed by atoms with Crippen molar-refractivity contribution in [1.29, 1.82) is 5.26 Å². The van der Waals surface area contributed by atoms with E-state index in [-0.39, 0.29) is 5.82 Å². The number of anilines is 1. The molecule has 0 aromatic carbocycles. The summed E-state index contributed by atoms with van der Waals surface area (Å²) in [6.45, 7) is 4.29. The highest BCUT2D eigenvalue weighted by atomic mass is 14.9. The smallest absolute Gasteiger partial charge is 0.145 e. The first-order valence-corrected chi connectivity index (χ1v) is 4.65. The van der Waals surface area contributed by atoms with E-state index in [4.69, 9.17) is 11.0 Å². The Labute approximate surface area is 83.8 Å². The average molecular weight is 190 g/mol. The highest BCUT2D eigenvalue weighted by Crippen LogP contribution is 2.09. The van der Waals surface area contributed by atoms with E-state index in [1.807, 2.05) is 6.07 Å². The molecule has 0 aliphatic heterocycles. The average Bonchev–Trinajstić information content (AvgIpc) is 2.15. The Morgan fingerprint density at radius 3 is 2.79 bits per heavy atom. The molecule has 14 heavy (non-hydrogen) atoms. The van der Waals surface area contributed by atoms with Gasteiger partial charge in [-0.1, -0.05) is 13.8 Å². The van der Waals surface area contributed by atoms with Crippen molar-refractivity contribution in [3.05, 3.63) is 17.6 Å². The van der Waals surface area contributed by atoms with Gasteiger partial charge in [-0.25, -0.2) is 9.97 Å². The molecule has 1 aromatic rings. The molecule has 0 spiro atoms. The number of rotatable bonds is 3. The van der Waals surface area contributed by atoms with E-state index in [9.17, 15) is 0 Å². The van der Waals surface area contributed by atoms with Gasteiger partial charge in [0.1, 0.15) is 23.3 Å². The number of hydrogen-bond donors (Lipinski definition) is 1. The Hall–Kier alpha value is -1.63. The molecule has 4 nitrogen and oxygen atoms in total. The van der Waals surface area contributed by atoms with Crippen LogP contribution in [-0.2, 0) is 6.42 Å². The molecule has 1 heterocycles. The van der Waals surface area contributed by atoms with Crippen LogP contribution in [0.5, 0.6) is 0 Å². The molecule has 0 radical (unpaired) electrons. The first-order valence-electron chi connectivity index (χ1n) is 4.65. The third-order valence-corrected chi connectivity index (χ3v) is 1.93. The Bertz CT molecular complexity index is 352. The van der Waals surface area contributed by atoms with Crippen molar-refractivity contribution in [2.45, 2.75) is 26.7 Å². The summed E-state index contributed by atoms with van der Waals surface area (Å²) in [5, 5.41) is 8.62. The van der Waals surface area contributed by atoms with Gasteiger partial charge in [0.05, 0.1) is 6.20 Å². The lowest BCUT2D eigenvalue weighted by atomic mass is 10.1. The van der Waals surface area contributed by atoms with Crippen LogP contribution >= 0.6 is 0 Å². The molecule has 0 saturated heterocycles. The predicted molar refractivity (Wildman–Crippen MR) is 54.3 cm³/mol. The fraction of sp³-hybridized carbons (Fsp3) is 0.500. The lowest BCUT2D eigenvalue weighted by Crippen LogP contribution is -2.03. The van der Waals surface area contributed by atoms with Crippen LogP contribution < -0.4 is 5.73 Å². The van der Waals surface area contributed by atoms with Crippen molar-refractivity contribution in [3.63, 3.8) is 0 Å². The molecule has 74 valence electrons. The standard InChI is InChI=1S/C10H14N4/c1-7(2)3-4-9-13-6-8(5-11)10(12)14-9/h6-7H,3-4H2,1-2H3,(H2,12,13,14). The van der Waals surface area contributed by atoms with Crippen LogP contribution in [0.4, 0.5) is 5.82 Å². The normalized spacial score (nSPS) is 10.1. The van der Waals surface area contributed by atoms with Crippen molar-refractivity contribution >= 4 is 5.82 Å². The second-order valence-corrected chi connectivity index (χ2v) is 3.63. The summed E-state index contributed by atoms with van der Waals surface area (Å²) in [5.74, 6) is 1.62. The maximum atomic E-state index is 8.62. The molecule has 2 N–H and O–H groups in total. The van der Waals surface area contributed by atoms with E-state index in [0.717, 1.165) is 18.7 Å². The third kappa shape index (κ3) is 2.70. The molecule has 0 saturated carbocycles. The van der Waals surface area contributed by atoms with Crippen LogP contribution in [0.25, 0.3) is 0 Å². The number of nitrogen functional groups attached to an aromatic ring is 1. The van der Waals surface area contributed by atoms with Gasteiger partial charge in [0.15, 0.2) is 0 Å². The molecule has 0 unspecified atom stereocenters. The predicted octanol–water partition coefficient (Wildman–Crippen LogP) is 1.52. The molecule has 1 rings (SSSR count). The number of aromatic nitrogens is 2. The van der Waals surface area contributed by atoms with E-state index in [1.54, 1.807) is 0 Å². The van der Waals surface area contributed by atoms with E-state index < -0.39 is 0 Å². The summed E-state index contributed by atoms with van der Waals surface area (Å²) in [7, 11) is 0. The SMILES string of the molecule is CC(C)CCc1ncc(C#N)c(N)n1. The van der Waals surface area contributed by atoms with Crippen LogP contribution in [0.2, 0.25) is 0 Å². The highest BCUT2D eigenvalue weighted by molar-refractivity contribution is 5.46. The molecule has 4 heteroatoms. The minimum atomic E-state index is 0.279. The van der Waals surface area contributed by atoms with E-state index >= 15 is 0 Å². The molecule has 0 fully saturated rings. The summed E-state index contributed by atoms with van der Waals surface area (Å²) in [5.41, 5.74) is 5.91. The lowest BCUT2D eigenvalue weighted by Gasteiger charge is -2.04. The van der Waals surface area contributed by atoms with Gasteiger partial charge in [-0.15, -0.1) is 0 Å². The third-order valence-electron chi connectivity index (χ3n) is 1.93. The maximum Gasteiger partial charge on any atom is 0.145 e. The number of aryl methyl sites for hydroxylation is 1. The fourth-order valence-electron chi connectivity index (χ4n) is 1.06. The van der Waals surface area contributed by atoms with Gasteiger partial charge in [-0.3, -0.25) is 0 Å². The molecule has 0 amide bonds. The van der Waals surface area contributed by atoms with Gasteiger partial charge in [0.2, 0.25) is 0 Å². The van der Waals surface area contributed by atoms with Gasteiger partial charge in [-0.05, 0) is 12.3 Å². The van der Waals surface area contributed by atoms with Crippen LogP contribution in [0.1, 0.15) is 31.7 Å². The van der Waals surface area contributed by atoms with Crippen LogP contribution in [-0.4, -0.2) is 9.97 Å². The maximum absolute atomic E-state index is 8.62. The monoisotopic (exact) mass is 190 g/mol. The van der Waals surface area contributed by atoms with Gasteiger partial charge >= 0.3 is 0 Å². The molecular formula is C10H14N4. The molecular weight excluding hydrogens is 176 g/mol. The Morgan fingerprint density at radius 1 is 1.57 bits per heavy atom. The van der Waals surface area contributed by atoms with Crippen LogP contribution in [0, 0.1) is 17.2 Å². The number of hydrogen-bond acceptors (Lipinski definition) is 4. The van der Waals surface area contributed by atoms with Crippen LogP contribution in [0.3, 0.4) is 0 Å². The zero-order valence-corrected chi connectivity index (χ0v) is 8.49. The fourth-order valence-corrected chi connectivity index (χ4v) is 1.06. The van der Waals surface area contributed by atoms with Gasteiger partial charge in [0, 0.05) is 6.42 Å². The van der Waals surface area contributed by atoms with Crippen LogP contribution in [0.15, 0.2) is 6.20 Å². The first-order chi connectivity index (χ1) is 6.63. The molecule has 1 aromatic heterocycles. The van der Waals surface area contributed by atoms with Crippen molar-refractivity contribution < 1.29 is 0 Å². The van der Waals surface area contributed by atoms with Gasteiger partial charge < -0.3 is 5.73 Å². The number of nitriles is 1. The second-order valence-electron chi connectivity index (χ2n) is 3.63. The summed E-state index contributed by atoms with van der Waals surface area (Å²) in [6.07, 6.45) is 3.33. The minimum absolute atomic E-state index is 0.279. The van der Waals surface area contributed by atoms with Crippen molar-refractivity contribution in [2.24, 2.45) is 5.92 Å². The summed E-state index contributed by atoms with van der Waals surface area (Å²) in [6, 6.07) is 1.94. The molecule has 0 aliphatic carbocycles. The quantitative estimate of drug-likeness (QED) is 0.784. The summed E-state index contributed by atoms with van der Waals surface area (Å²) >= 11 is 0. The second kappa shape index (κ2) is 4.56. The zero-order valence-electron chi connectivity index (χ0n) is 8.49. The highest BCUT2D eigenvalue weighted by Gasteiger charge is 2.04. The summed E-state index contributed by atoms with van der Waals surface area (Å²) in [4.78, 5) is 8.13. The van der Waals surface area contributed by atoms with E-state index in [1.165, 1.54) is 6.20 Å². The number of nitrogens with two attached hydrogens (primary N) is 1. The summed E-state index contributed by atoms with van der Waals surface area (Å²) < 4.78 is 0. The topological polar surface area (TPSA) is 75.6 Å². The zero-order chi connectivity index (χ0) is 10.6. The molecule has 0 aliphatic rings. The lowest BCUT2D eigenvalue weighted by molar-refractivity contribution is 0.575. The van der Waals surface area contributed by atoms with Gasteiger partial charge in [0.25, 0.3) is 0 Å².